The Labute approximate surface area is 131 Å². The smallest absolute Gasteiger partial charge is 0.223 e. The first-order chi connectivity index (χ1) is 10.8. The van der Waals surface area contributed by atoms with Crippen LogP contribution in [0, 0.1) is 5.92 Å². The Hall–Kier alpha value is -1.69. The molecule has 22 heavy (non-hydrogen) atoms. The molecule has 2 unspecified atom stereocenters. The van der Waals surface area contributed by atoms with Gasteiger partial charge in [-0.15, -0.1) is 0 Å². The summed E-state index contributed by atoms with van der Waals surface area (Å²) >= 11 is 0. The van der Waals surface area contributed by atoms with Crippen LogP contribution in [0.2, 0.25) is 0 Å². The molecular weight excluding hydrogens is 278 g/mol. The Balaban J connectivity index is 1.47. The first-order valence-corrected chi connectivity index (χ1v) is 8.36. The van der Waals surface area contributed by atoms with Crippen LogP contribution in [0.1, 0.15) is 38.5 Å². The fourth-order valence-electron chi connectivity index (χ4n) is 3.36. The molecule has 3 N–H and O–H groups in total. The van der Waals surface area contributed by atoms with Crippen molar-refractivity contribution in [3.8, 4) is 0 Å². The quantitative estimate of drug-likeness (QED) is 0.731. The maximum Gasteiger partial charge on any atom is 0.223 e. The zero-order valence-electron chi connectivity index (χ0n) is 12.9. The van der Waals surface area contributed by atoms with Crippen molar-refractivity contribution in [2.45, 2.75) is 50.6 Å². The molecule has 2 heterocycles. The first kappa shape index (κ1) is 15.2. The van der Waals surface area contributed by atoms with E-state index < -0.39 is 0 Å². The van der Waals surface area contributed by atoms with E-state index in [4.69, 9.17) is 0 Å². The van der Waals surface area contributed by atoms with Gasteiger partial charge in [-0.3, -0.25) is 4.79 Å². The van der Waals surface area contributed by atoms with Gasteiger partial charge in [0, 0.05) is 36.9 Å². The molecule has 6 nitrogen and oxygen atoms in total. The molecule has 1 saturated heterocycles. The van der Waals surface area contributed by atoms with Crippen LogP contribution >= 0.6 is 0 Å². The Kier molecular flexibility index (Phi) is 5.21. The molecule has 1 aliphatic heterocycles. The third kappa shape index (κ3) is 4.16. The van der Waals surface area contributed by atoms with E-state index >= 15 is 0 Å². The summed E-state index contributed by atoms with van der Waals surface area (Å²) in [6.45, 7) is 1.92. The zero-order valence-corrected chi connectivity index (χ0v) is 12.9. The minimum Gasteiger partial charge on any atom is -0.352 e. The predicted molar refractivity (Wildman–Crippen MR) is 85.4 cm³/mol. The normalized spacial score (nSPS) is 28.8. The van der Waals surface area contributed by atoms with Crippen molar-refractivity contribution < 1.29 is 4.79 Å². The molecule has 1 amide bonds. The number of amides is 1. The van der Waals surface area contributed by atoms with E-state index in [-0.39, 0.29) is 11.8 Å². The highest BCUT2D eigenvalue weighted by Gasteiger charge is 2.26. The van der Waals surface area contributed by atoms with Gasteiger partial charge in [-0.1, -0.05) is 6.42 Å². The summed E-state index contributed by atoms with van der Waals surface area (Å²) in [6, 6.07) is 2.51. The lowest BCUT2D eigenvalue weighted by atomic mass is 9.98. The summed E-state index contributed by atoms with van der Waals surface area (Å²) in [4.78, 5) is 20.8. The third-order valence-electron chi connectivity index (χ3n) is 4.65. The molecular formula is C16H25N5O. The van der Waals surface area contributed by atoms with Gasteiger partial charge < -0.3 is 16.0 Å². The maximum absolute atomic E-state index is 12.4. The first-order valence-electron chi connectivity index (χ1n) is 8.36. The lowest BCUT2D eigenvalue weighted by Crippen LogP contribution is -2.40. The number of hydrogen-bond acceptors (Lipinski definition) is 5. The fraction of sp³-hybridized carbons (Fsp3) is 0.688. The molecule has 1 aromatic rings. The number of anilines is 1. The molecule has 3 atom stereocenters. The van der Waals surface area contributed by atoms with Crippen molar-refractivity contribution in [2.24, 2.45) is 5.92 Å². The van der Waals surface area contributed by atoms with Crippen LogP contribution in [-0.2, 0) is 4.79 Å². The molecule has 1 aromatic heterocycles. The van der Waals surface area contributed by atoms with Gasteiger partial charge in [0.15, 0.2) is 0 Å². The molecule has 1 aliphatic carbocycles. The van der Waals surface area contributed by atoms with E-state index in [9.17, 15) is 4.79 Å². The summed E-state index contributed by atoms with van der Waals surface area (Å²) < 4.78 is 0. The van der Waals surface area contributed by atoms with Gasteiger partial charge in [0.1, 0.15) is 0 Å². The Morgan fingerprint density at radius 2 is 1.95 bits per heavy atom. The van der Waals surface area contributed by atoms with Crippen LogP contribution in [0.3, 0.4) is 0 Å². The van der Waals surface area contributed by atoms with Crippen LogP contribution in [0.15, 0.2) is 18.5 Å². The van der Waals surface area contributed by atoms with E-state index in [0.29, 0.717) is 18.0 Å². The van der Waals surface area contributed by atoms with Crippen LogP contribution in [0.5, 0.6) is 0 Å². The highest BCUT2D eigenvalue weighted by Crippen LogP contribution is 2.25. The molecule has 0 bridgehead atoms. The SMILES string of the molecule is O=C(N[C@@H]1CCNC1)C1CCCC(Nc2ncccn2)CC1. The maximum atomic E-state index is 12.4. The van der Waals surface area contributed by atoms with Gasteiger partial charge >= 0.3 is 0 Å². The topological polar surface area (TPSA) is 78.9 Å². The van der Waals surface area contributed by atoms with Crippen LogP contribution in [0.25, 0.3) is 0 Å². The summed E-state index contributed by atoms with van der Waals surface area (Å²) in [6.07, 6.45) is 9.62. The lowest BCUT2D eigenvalue weighted by molar-refractivity contribution is -0.126. The second kappa shape index (κ2) is 7.54. The van der Waals surface area contributed by atoms with Crippen molar-refractivity contribution in [1.82, 2.24) is 20.6 Å². The molecule has 6 heteroatoms. The van der Waals surface area contributed by atoms with Gasteiger partial charge in [-0.25, -0.2) is 9.97 Å². The minimum atomic E-state index is 0.157. The van der Waals surface area contributed by atoms with E-state index in [1.165, 1.54) is 0 Å². The molecule has 0 aromatic carbocycles. The number of carbonyl (C=O) groups excluding carboxylic acids is 1. The number of nitrogens with zero attached hydrogens (tertiary/aromatic N) is 2. The van der Waals surface area contributed by atoms with Crippen LogP contribution in [-0.4, -0.2) is 41.0 Å². The predicted octanol–water partition coefficient (Wildman–Crippen LogP) is 1.32. The largest absolute Gasteiger partial charge is 0.352 e. The number of aromatic nitrogens is 2. The average Bonchev–Trinajstić information content (AvgIpc) is 2.93. The van der Waals surface area contributed by atoms with Crippen LogP contribution in [0.4, 0.5) is 5.95 Å². The van der Waals surface area contributed by atoms with Crippen molar-refractivity contribution in [3.63, 3.8) is 0 Å². The van der Waals surface area contributed by atoms with Gasteiger partial charge in [0.2, 0.25) is 11.9 Å². The van der Waals surface area contributed by atoms with E-state index in [1.807, 2.05) is 6.07 Å². The molecule has 1 saturated carbocycles. The molecule has 2 aliphatic rings. The van der Waals surface area contributed by atoms with Crippen molar-refractivity contribution >= 4 is 11.9 Å². The fourth-order valence-corrected chi connectivity index (χ4v) is 3.36. The molecule has 0 spiro atoms. The van der Waals surface area contributed by atoms with Gasteiger partial charge in [-0.2, -0.15) is 0 Å². The van der Waals surface area contributed by atoms with Gasteiger partial charge in [-0.05, 0) is 44.7 Å². The third-order valence-corrected chi connectivity index (χ3v) is 4.65. The molecule has 3 rings (SSSR count). The summed E-state index contributed by atoms with van der Waals surface area (Å²) in [5, 5.41) is 9.87. The monoisotopic (exact) mass is 303 g/mol. The Bertz CT molecular complexity index is 475. The Morgan fingerprint density at radius 1 is 1.09 bits per heavy atom. The van der Waals surface area contributed by atoms with E-state index in [0.717, 1.165) is 51.6 Å². The molecule has 2 fully saturated rings. The molecule has 0 radical (unpaired) electrons. The van der Waals surface area contributed by atoms with Gasteiger partial charge in [0.05, 0.1) is 0 Å². The summed E-state index contributed by atoms with van der Waals surface area (Å²) in [5.74, 6) is 1.09. The van der Waals surface area contributed by atoms with Crippen molar-refractivity contribution in [1.29, 1.82) is 0 Å². The van der Waals surface area contributed by atoms with E-state index in [2.05, 4.69) is 25.9 Å². The summed E-state index contributed by atoms with van der Waals surface area (Å²) in [5.41, 5.74) is 0. The molecule has 120 valence electrons. The number of hydrogen-bond donors (Lipinski definition) is 3. The highest BCUT2D eigenvalue weighted by molar-refractivity contribution is 5.79. The standard InChI is InChI=1S/C16H25N5O/c22-15(20-14-7-10-17-11-14)12-3-1-4-13(6-5-12)21-16-18-8-2-9-19-16/h2,8-9,12-14,17H,1,3-7,10-11H2,(H,20,22)(H,18,19,21)/t12?,13?,14-/m1/s1. The summed E-state index contributed by atoms with van der Waals surface area (Å²) in [7, 11) is 0. The Morgan fingerprint density at radius 3 is 2.73 bits per heavy atom. The van der Waals surface area contributed by atoms with Crippen molar-refractivity contribution in [3.05, 3.63) is 18.5 Å². The minimum absolute atomic E-state index is 0.157. The number of carbonyl (C=O) groups is 1. The number of nitrogens with one attached hydrogen (secondary N) is 3. The lowest BCUT2D eigenvalue weighted by Gasteiger charge is -2.18. The highest BCUT2D eigenvalue weighted by atomic mass is 16.1. The zero-order chi connectivity index (χ0) is 15.2. The average molecular weight is 303 g/mol. The van der Waals surface area contributed by atoms with Gasteiger partial charge in [0.25, 0.3) is 0 Å². The van der Waals surface area contributed by atoms with Crippen molar-refractivity contribution in [2.75, 3.05) is 18.4 Å². The second-order valence-corrected chi connectivity index (χ2v) is 6.32. The van der Waals surface area contributed by atoms with Crippen LogP contribution < -0.4 is 16.0 Å². The van der Waals surface area contributed by atoms with E-state index in [1.54, 1.807) is 12.4 Å². The number of rotatable bonds is 4. The second-order valence-electron chi connectivity index (χ2n) is 6.32.